The number of ketones is 1. The van der Waals surface area contributed by atoms with Gasteiger partial charge in [0.1, 0.15) is 0 Å². The van der Waals surface area contributed by atoms with E-state index >= 15 is 0 Å². The molecule has 0 aliphatic carbocycles. The first-order valence-electron chi connectivity index (χ1n) is 4.89. The maximum atomic E-state index is 13.3. The highest BCUT2D eigenvalue weighted by molar-refractivity contribution is 6.00. The average Bonchev–Trinajstić information content (AvgIpc) is 2.28. The van der Waals surface area contributed by atoms with Crippen LogP contribution in [0.1, 0.15) is 30.6 Å². The van der Waals surface area contributed by atoms with Crippen LogP contribution < -0.4 is 5.73 Å². The second-order valence-electron chi connectivity index (χ2n) is 3.80. The normalized spacial score (nSPS) is 14.7. The van der Waals surface area contributed by atoms with Crippen molar-refractivity contribution in [2.45, 2.75) is 20.3 Å². The monoisotopic (exact) mass is 210 g/mol. The van der Waals surface area contributed by atoms with Gasteiger partial charge in [0.2, 0.25) is 0 Å². The summed E-state index contributed by atoms with van der Waals surface area (Å²) in [5, 5.41) is 0. The fourth-order valence-electron chi connectivity index (χ4n) is 1.28. The predicted molar refractivity (Wildman–Crippen MR) is 56.0 cm³/mol. The van der Waals surface area contributed by atoms with Crippen molar-refractivity contribution in [3.05, 3.63) is 29.8 Å². The SMILES string of the molecule is CCC(C)(CN)C(=O)c1ccncc1F. The van der Waals surface area contributed by atoms with E-state index in [2.05, 4.69) is 4.98 Å². The third-order valence-corrected chi connectivity index (χ3v) is 2.80. The standard InChI is InChI=1S/C11H15FN2O/c1-3-11(2,7-13)10(15)8-4-5-14-6-9(8)12/h4-6H,3,7,13H2,1-2H3. The number of nitrogens with two attached hydrogens (primary N) is 1. The quantitative estimate of drug-likeness (QED) is 0.770. The Hall–Kier alpha value is -1.29. The Bertz CT molecular complexity index is 361. The molecule has 1 unspecified atom stereocenters. The van der Waals surface area contributed by atoms with E-state index in [4.69, 9.17) is 5.73 Å². The first kappa shape index (κ1) is 11.8. The molecule has 0 bridgehead atoms. The van der Waals surface area contributed by atoms with E-state index in [0.29, 0.717) is 6.42 Å². The van der Waals surface area contributed by atoms with Crippen molar-refractivity contribution in [1.82, 2.24) is 4.98 Å². The number of carbonyl (C=O) groups is 1. The molecule has 0 aliphatic heterocycles. The van der Waals surface area contributed by atoms with Gasteiger partial charge in [-0.1, -0.05) is 13.8 Å². The number of aromatic nitrogens is 1. The summed E-state index contributed by atoms with van der Waals surface area (Å²) in [6.07, 6.45) is 3.03. The zero-order valence-corrected chi connectivity index (χ0v) is 8.96. The van der Waals surface area contributed by atoms with Crippen molar-refractivity contribution in [2.75, 3.05) is 6.54 Å². The Balaban J connectivity index is 3.09. The lowest BCUT2D eigenvalue weighted by Gasteiger charge is -2.24. The van der Waals surface area contributed by atoms with Gasteiger partial charge in [0.25, 0.3) is 0 Å². The summed E-state index contributed by atoms with van der Waals surface area (Å²) in [7, 11) is 0. The van der Waals surface area contributed by atoms with Gasteiger partial charge in [-0.15, -0.1) is 0 Å². The Kier molecular flexibility index (Phi) is 3.52. The molecular weight excluding hydrogens is 195 g/mol. The third kappa shape index (κ3) is 2.21. The molecule has 0 fully saturated rings. The van der Waals surface area contributed by atoms with Gasteiger partial charge in [0.15, 0.2) is 11.6 Å². The van der Waals surface area contributed by atoms with Crippen LogP contribution >= 0.6 is 0 Å². The Morgan fingerprint density at radius 2 is 2.33 bits per heavy atom. The first-order chi connectivity index (χ1) is 7.05. The molecule has 1 heterocycles. The van der Waals surface area contributed by atoms with Crippen molar-refractivity contribution in [1.29, 1.82) is 0 Å². The summed E-state index contributed by atoms with van der Waals surface area (Å²) < 4.78 is 13.3. The zero-order valence-electron chi connectivity index (χ0n) is 8.96. The van der Waals surface area contributed by atoms with Crippen molar-refractivity contribution in [3.8, 4) is 0 Å². The number of halogens is 1. The number of hydrogen-bond donors (Lipinski definition) is 1. The van der Waals surface area contributed by atoms with Gasteiger partial charge in [-0.2, -0.15) is 0 Å². The maximum Gasteiger partial charge on any atom is 0.173 e. The summed E-state index contributed by atoms with van der Waals surface area (Å²) in [4.78, 5) is 15.6. The molecule has 3 nitrogen and oxygen atoms in total. The Morgan fingerprint density at radius 1 is 1.67 bits per heavy atom. The van der Waals surface area contributed by atoms with Crippen LogP contribution in [0.25, 0.3) is 0 Å². The lowest BCUT2D eigenvalue weighted by Crippen LogP contribution is -2.35. The van der Waals surface area contributed by atoms with Crippen LogP contribution in [0.15, 0.2) is 18.5 Å². The van der Waals surface area contributed by atoms with Gasteiger partial charge < -0.3 is 5.73 Å². The highest BCUT2D eigenvalue weighted by Crippen LogP contribution is 2.25. The minimum absolute atomic E-state index is 0.0693. The van der Waals surface area contributed by atoms with Crippen molar-refractivity contribution in [2.24, 2.45) is 11.1 Å². The van der Waals surface area contributed by atoms with Crippen molar-refractivity contribution < 1.29 is 9.18 Å². The zero-order chi connectivity index (χ0) is 11.5. The second-order valence-corrected chi connectivity index (χ2v) is 3.80. The van der Waals surface area contributed by atoms with E-state index in [1.807, 2.05) is 6.92 Å². The Labute approximate surface area is 88.5 Å². The van der Waals surface area contributed by atoms with Gasteiger partial charge in [0.05, 0.1) is 11.8 Å². The highest BCUT2D eigenvalue weighted by Gasteiger charge is 2.32. The molecule has 0 radical (unpaired) electrons. The summed E-state index contributed by atoms with van der Waals surface area (Å²) in [6, 6.07) is 1.39. The van der Waals surface area contributed by atoms with Crippen LogP contribution in [0.3, 0.4) is 0 Å². The number of hydrogen-bond acceptors (Lipinski definition) is 3. The molecule has 1 rings (SSSR count). The van der Waals surface area contributed by atoms with Crippen LogP contribution in [-0.4, -0.2) is 17.3 Å². The number of nitrogens with zero attached hydrogens (tertiary/aromatic N) is 1. The smallest absolute Gasteiger partial charge is 0.173 e. The molecule has 82 valence electrons. The molecule has 2 N–H and O–H groups in total. The van der Waals surface area contributed by atoms with Crippen molar-refractivity contribution in [3.63, 3.8) is 0 Å². The summed E-state index contributed by atoms with van der Waals surface area (Å²) in [5.41, 5.74) is 4.92. The summed E-state index contributed by atoms with van der Waals surface area (Å²) in [6.45, 7) is 3.82. The minimum atomic E-state index is -0.692. The molecule has 0 saturated carbocycles. The van der Waals surface area contributed by atoms with Crippen LogP contribution in [-0.2, 0) is 0 Å². The van der Waals surface area contributed by atoms with Crippen molar-refractivity contribution >= 4 is 5.78 Å². The van der Waals surface area contributed by atoms with Crippen LogP contribution in [0.4, 0.5) is 4.39 Å². The molecule has 0 amide bonds. The van der Waals surface area contributed by atoms with E-state index in [9.17, 15) is 9.18 Å². The molecule has 0 saturated heterocycles. The van der Waals surface area contributed by atoms with Gasteiger partial charge in [-0.3, -0.25) is 9.78 Å². The summed E-state index contributed by atoms with van der Waals surface area (Å²) in [5.74, 6) is -0.844. The predicted octanol–water partition coefficient (Wildman–Crippen LogP) is 1.78. The van der Waals surface area contributed by atoms with Crippen LogP contribution in [0, 0.1) is 11.2 Å². The number of carbonyl (C=O) groups excluding carboxylic acids is 1. The molecule has 0 aliphatic rings. The lowest BCUT2D eigenvalue weighted by atomic mass is 9.80. The maximum absolute atomic E-state index is 13.3. The first-order valence-corrected chi connectivity index (χ1v) is 4.89. The molecule has 0 spiro atoms. The number of Topliss-reactive ketones (excluding diaryl/α,β-unsaturated/α-hetero) is 1. The highest BCUT2D eigenvalue weighted by atomic mass is 19.1. The third-order valence-electron chi connectivity index (χ3n) is 2.80. The molecule has 4 heteroatoms. The van der Waals surface area contributed by atoms with Gasteiger partial charge in [-0.25, -0.2) is 4.39 Å². The number of rotatable bonds is 4. The van der Waals surface area contributed by atoms with Gasteiger partial charge in [0, 0.05) is 18.2 Å². The topological polar surface area (TPSA) is 56.0 Å². The van der Waals surface area contributed by atoms with E-state index in [1.165, 1.54) is 12.3 Å². The lowest BCUT2D eigenvalue weighted by molar-refractivity contribution is 0.0815. The summed E-state index contributed by atoms with van der Waals surface area (Å²) >= 11 is 0. The molecule has 15 heavy (non-hydrogen) atoms. The fraction of sp³-hybridized carbons (Fsp3) is 0.455. The second kappa shape index (κ2) is 4.49. The largest absolute Gasteiger partial charge is 0.329 e. The van der Waals surface area contributed by atoms with E-state index < -0.39 is 11.2 Å². The van der Waals surface area contributed by atoms with E-state index in [1.54, 1.807) is 6.92 Å². The average molecular weight is 210 g/mol. The van der Waals surface area contributed by atoms with Gasteiger partial charge >= 0.3 is 0 Å². The van der Waals surface area contributed by atoms with Gasteiger partial charge in [-0.05, 0) is 12.5 Å². The Morgan fingerprint density at radius 3 is 2.80 bits per heavy atom. The molecule has 1 aromatic rings. The minimum Gasteiger partial charge on any atom is -0.329 e. The molecular formula is C11H15FN2O. The fourth-order valence-corrected chi connectivity index (χ4v) is 1.28. The van der Waals surface area contributed by atoms with Crippen LogP contribution in [0.5, 0.6) is 0 Å². The molecule has 1 atom stereocenters. The van der Waals surface area contributed by atoms with Crippen LogP contribution in [0.2, 0.25) is 0 Å². The number of pyridine rings is 1. The molecule has 0 aromatic carbocycles. The van der Waals surface area contributed by atoms with E-state index in [-0.39, 0.29) is 17.9 Å². The van der Waals surface area contributed by atoms with E-state index in [0.717, 1.165) is 6.20 Å². The molecule has 1 aromatic heterocycles.